The number of nitrogens with one attached hydrogen (secondary N) is 1. The quantitative estimate of drug-likeness (QED) is 0.535. The van der Waals surface area contributed by atoms with Gasteiger partial charge in [0.1, 0.15) is 11.8 Å². The van der Waals surface area contributed by atoms with Crippen LogP contribution in [0.15, 0.2) is 6.33 Å². The zero-order chi connectivity index (χ0) is 10.7. The average Bonchev–Trinajstić information content (AvgIpc) is 2.65. The molecule has 0 aliphatic carbocycles. The van der Waals surface area contributed by atoms with Crippen molar-refractivity contribution >= 4 is 23.4 Å². The SMILES string of the molecule is Nc1nc(OCCC=O)c2[nH]cnc2n1. The lowest BCUT2D eigenvalue weighted by Gasteiger charge is -2.03. The van der Waals surface area contributed by atoms with Crippen molar-refractivity contribution in [1.82, 2.24) is 19.9 Å². The second kappa shape index (κ2) is 3.91. The van der Waals surface area contributed by atoms with Gasteiger partial charge in [-0.1, -0.05) is 0 Å². The lowest BCUT2D eigenvalue weighted by Crippen LogP contribution is -2.03. The normalized spacial score (nSPS) is 10.4. The molecular weight excluding hydrogens is 198 g/mol. The van der Waals surface area contributed by atoms with Gasteiger partial charge in [-0.2, -0.15) is 9.97 Å². The first-order chi connectivity index (χ1) is 7.31. The number of fused-ring (bicyclic) bond motifs is 1. The van der Waals surface area contributed by atoms with Crippen molar-refractivity contribution in [2.45, 2.75) is 6.42 Å². The van der Waals surface area contributed by atoms with Crippen molar-refractivity contribution in [2.75, 3.05) is 12.3 Å². The summed E-state index contributed by atoms with van der Waals surface area (Å²) in [5.74, 6) is 0.410. The number of hydrogen-bond acceptors (Lipinski definition) is 6. The first-order valence-corrected chi connectivity index (χ1v) is 4.34. The lowest BCUT2D eigenvalue weighted by atomic mass is 10.5. The molecule has 78 valence electrons. The van der Waals surface area contributed by atoms with E-state index in [2.05, 4.69) is 19.9 Å². The lowest BCUT2D eigenvalue weighted by molar-refractivity contribution is -0.108. The fourth-order valence-electron chi connectivity index (χ4n) is 1.13. The largest absolute Gasteiger partial charge is 0.476 e. The van der Waals surface area contributed by atoms with Gasteiger partial charge >= 0.3 is 0 Å². The van der Waals surface area contributed by atoms with Crippen LogP contribution in [0, 0.1) is 0 Å². The van der Waals surface area contributed by atoms with Crippen molar-refractivity contribution in [1.29, 1.82) is 0 Å². The van der Waals surface area contributed by atoms with Crippen LogP contribution in [0.25, 0.3) is 11.2 Å². The molecule has 0 saturated carbocycles. The van der Waals surface area contributed by atoms with E-state index in [1.54, 1.807) is 0 Å². The number of ether oxygens (including phenoxy) is 1. The number of carbonyl (C=O) groups is 1. The average molecular weight is 207 g/mol. The number of aromatic amines is 1. The van der Waals surface area contributed by atoms with Crippen molar-refractivity contribution in [3.63, 3.8) is 0 Å². The van der Waals surface area contributed by atoms with E-state index in [1.807, 2.05) is 0 Å². The Morgan fingerprint density at radius 2 is 2.40 bits per heavy atom. The van der Waals surface area contributed by atoms with Crippen LogP contribution in [0.1, 0.15) is 6.42 Å². The number of nitrogens with two attached hydrogens (primary N) is 1. The standard InChI is InChI=1S/C8H9N5O2/c9-8-12-6-5(10-4-11-6)7(13-8)15-3-1-2-14/h2,4H,1,3H2,(H3,9,10,11,12,13). The number of nitrogen functional groups attached to an aromatic ring is 1. The van der Waals surface area contributed by atoms with Gasteiger partial charge in [-0.25, -0.2) is 4.98 Å². The summed E-state index contributed by atoms with van der Waals surface area (Å²) in [6.07, 6.45) is 2.56. The molecule has 2 aromatic rings. The van der Waals surface area contributed by atoms with Crippen LogP contribution in [0.3, 0.4) is 0 Å². The van der Waals surface area contributed by atoms with Crippen LogP contribution < -0.4 is 10.5 Å². The van der Waals surface area contributed by atoms with E-state index in [9.17, 15) is 4.79 Å². The first kappa shape index (κ1) is 9.38. The monoisotopic (exact) mass is 207 g/mol. The smallest absolute Gasteiger partial charge is 0.245 e. The maximum atomic E-state index is 10.1. The molecule has 0 radical (unpaired) electrons. The number of imidazole rings is 1. The Morgan fingerprint density at radius 1 is 1.53 bits per heavy atom. The Balaban J connectivity index is 2.31. The Bertz CT molecular complexity index is 481. The van der Waals surface area contributed by atoms with E-state index >= 15 is 0 Å². The number of nitrogens with zero attached hydrogens (tertiary/aromatic N) is 3. The minimum absolute atomic E-state index is 0.0932. The van der Waals surface area contributed by atoms with Crippen molar-refractivity contribution in [3.05, 3.63) is 6.33 Å². The highest BCUT2D eigenvalue weighted by Crippen LogP contribution is 2.19. The number of hydrogen-bond donors (Lipinski definition) is 2. The molecule has 0 unspecified atom stereocenters. The van der Waals surface area contributed by atoms with E-state index in [4.69, 9.17) is 10.5 Å². The van der Waals surface area contributed by atoms with Crippen molar-refractivity contribution in [3.8, 4) is 5.88 Å². The third-order valence-electron chi connectivity index (χ3n) is 1.74. The van der Waals surface area contributed by atoms with Gasteiger partial charge in [-0.15, -0.1) is 0 Å². The number of rotatable bonds is 4. The van der Waals surface area contributed by atoms with Gasteiger partial charge in [0.2, 0.25) is 11.8 Å². The number of H-pyrrole nitrogens is 1. The third-order valence-corrected chi connectivity index (χ3v) is 1.74. The molecule has 0 aromatic carbocycles. The Hall–Kier alpha value is -2.18. The van der Waals surface area contributed by atoms with Gasteiger partial charge in [0.05, 0.1) is 12.9 Å². The molecule has 0 amide bonds. The van der Waals surface area contributed by atoms with Gasteiger partial charge in [0, 0.05) is 6.42 Å². The predicted molar refractivity (Wildman–Crippen MR) is 52.3 cm³/mol. The maximum Gasteiger partial charge on any atom is 0.245 e. The summed E-state index contributed by atoms with van der Waals surface area (Å²) in [5, 5.41) is 0. The highest BCUT2D eigenvalue weighted by molar-refractivity contribution is 5.76. The molecule has 0 bridgehead atoms. The highest BCUT2D eigenvalue weighted by Gasteiger charge is 2.08. The maximum absolute atomic E-state index is 10.1. The van der Waals surface area contributed by atoms with Crippen LogP contribution >= 0.6 is 0 Å². The van der Waals surface area contributed by atoms with Crippen LogP contribution in [-0.2, 0) is 4.79 Å². The Kier molecular flexibility index (Phi) is 2.44. The van der Waals surface area contributed by atoms with Gasteiger partial charge in [0.25, 0.3) is 0 Å². The van der Waals surface area contributed by atoms with Crippen molar-refractivity contribution in [2.24, 2.45) is 0 Å². The Labute approximate surface area is 84.7 Å². The summed E-state index contributed by atoms with van der Waals surface area (Å²) in [5.41, 5.74) is 6.49. The number of anilines is 1. The predicted octanol–water partition coefficient (Wildman–Crippen LogP) is -0.0971. The third kappa shape index (κ3) is 1.85. The zero-order valence-electron chi connectivity index (χ0n) is 7.80. The minimum Gasteiger partial charge on any atom is -0.476 e. The Morgan fingerprint density at radius 3 is 3.20 bits per heavy atom. The van der Waals surface area contributed by atoms with Gasteiger partial charge in [0.15, 0.2) is 5.65 Å². The number of aromatic nitrogens is 4. The molecule has 2 rings (SSSR count). The van der Waals surface area contributed by atoms with Gasteiger partial charge in [-0.05, 0) is 0 Å². The van der Waals surface area contributed by atoms with Gasteiger partial charge < -0.3 is 20.2 Å². The van der Waals surface area contributed by atoms with E-state index in [0.717, 1.165) is 6.29 Å². The molecule has 0 saturated heterocycles. The second-order valence-corrected chi connectivity index (χ2v) is 2.79. The topological polar surface area (TPSA) is 107 Å². The van der Waals surface area contributed by atoms with E-state index < -0.39 is 0 Å². The molecule has 0 aliphatic heterocycles. The van der Waals surface area contributed by atoms with Crippen LogP contribution in [0.4, 0.5) is 5.95 Å². The minimum atomic E-state index is 0.0932. The van der Waals surface area contributed by atoms with Crippen LogP contribution in [-0.4, -0.2) is 32.8 Å². The number of carbonyl (C=O) groups excluding carboxylic acids is 1. The fraction of sp³-hybridized carbons (Fsp3) is 0.250. The molecule has 7 heteroatoms. The van der Waals surface area contributed by atoms with Crippen LogP contribution in [0.2, 0.25) is 0 Å². The molecule has 0 aliphatic rings. The molecule has 15 heavy (non-hydrogen) atoms. The first-order valence-electron chi connectivity index (χ1n) is 4.34. The summed E-state index contributed by atoms with van der Waals surface area (Å²) < 4.78 is 5.27. The molecule has 3 N–H and O–H groups in total. The summed E-state index contributed by atoms with van der Waals surface area (Å²) in [4.78, 5) is 24.7. The summed E-state index contributed by atoms with van der Waals surface area (Å²) in [6.45, 7) is 0.258. The van der Waals surface area contributed by atoms with E-state index in [0.29, 0.717) is 23.5 Å². The summed E-state index contributed by atoms with van der Waals surface area (Å²) in [6, 6.07) is 0. The summed E-state index contributed by atoms with van der Waals surface area (Å²) >= 11 is 0. The fourth-order valence-corrected chi connectivity index (χ4v) is 1.13. The molecule has 0 spiro atoms. The highest BCUT2D eigenvalue weighted by atomic mass is 16.5. The molecule has 2 aromatic heterocycles. The summed E-state index contributed by atoms with van der Waals surface area (Å²) in [7, 11) is 0. The van der Waals surface area contributed by atoms with E-state index in [1.165, 1.54) is 6.33 Å². The second-order valence-electron chi connectivity index (χ2n) is 2.79. The van der Waals surface area contributed by atoms with Gasteiger partial charge in [-0.3, -0.25) is 0 Å². The van der Waals surface area contributed by atoms with Crippen molar-refractivity contribution < 1.29 is 9.53 Å². The zero-order valence-corrected chi connectivity index (χ0v) is 7.80. The molecule has 0 atom stereocenters. The molecule has 0 fully saturated rings. The molecule has 2 heterocycles. The van der Waals surface area contributed by atoms with Crippen LogP contribution in [0.5, 0.6) is 5.88 Å². The molecule has 7 nitrogen and oxygen atoms in total. The van der Waals surface area contributed by atoms with E-state index in [-0.39, 0.29) is 12.6 Å². The number of aldehydes is 1. The molecular formula is C8H9N5O2.